The molecule has 1 aliphatic rings. The molecule has 3 heteroatoms. The average molecular weight is 240 g/mol. The third-order valence-electron chi connectivity index (χ3n) is 3.73. The van der Waals surface area contributed by atoms with Gasteiger partial charge in [-0.05, 0) is 39.4 Å². The summed E-state index contributed by atoms with van der Waals surface area (Å²) in [6.45, 7) is 9.85. The van der Waals surface area contributed by atoms with Gasteiger partial charge < -0.3 is 14.6 Å². The molecule has 0 radical (unpaired) electrons. The van der Waals surface area contributed by atoms with Crippen LogP contribution in [0.15, 0.2) is 0 Å². The second-order valence-electron chi connectivity index (χ2n) is 5.81. The molecule has 100 valence electrons. The van der Waals surface area contributed by atoms with Crippen LogP contribution in [0.1, 0.15) is 39.5 Å². The molecule has 0 bridgehead atoms. The number of carbonyl (C=O) groups excluding carboxylic acids is 1. The van der Waals surface area contributed by atoms with Crippen molar-refractivity contribution in [2.75, 3.05) is 39.8 Å². The summed E-state index contributed by atoms with van der Waals surface area (Å²) in [5.41, 5.74) is -0.158. The van der Waals surface area contributed by atoms with Gasteiger partial charge in [0.1, 0.15) is 6.29 Å². The summed E-state index contributed by atoms with van der Waals surface area (Å²) in [4.78, 5) is 16.0. The molecule has 1 heterocycles. The standard InChI is InChI=1S/C14H28N2O/c1-4-7-14(2,13-17)12-15(3)10-11-16-8-5-6-9-16/h13H,4-12H2,1-3H3. The van der Waals surface area contributed by atoms with Crippen molar-refractivity contribution in [2.45, 2.75) is 39.5 Å². The Hall–Kier alpha value is -0.410. The van der Waals surface area contributed by atoms with Gasteiger partial charge in [0.15, 0.2) is 0 Å². The molecule has 0 aromatic heterocycles. The number of hydrogen-bond donors (Lipinski definition) is 0. The second kappa shape index (κ2) is 7.12. The van der Waals surface area contributed by atoms with Gasteiger partial charge in [0.25, 0.3) is 0 Å². The minimum absolute atomic E-state index is 0.158. The van der Waals surface area contributed by atoms with Crippen molar-refractivity contribution in [1.82, 2.24) is 9.80 Å². The maximum Gasteiger partial charge on any atom is 0.127 e. The molecule has 1 aliphatic heterocycles. The van der Waals surface area contributed by atoms with E-state index in [1.54, 1.807) is 0 Å². The first-order valence-corrected chi connectivity index (χ1v) is 6.97. The van der Waals surface area contributed by atoms with E-state index in [9.17, 15) is 4.79 Å². The third kappa shape index (κ3) is 5.17. The van der Waals surface area contributed by atoms with Crippen molar-refractivity contribution in [3.63, 3.8) is 0 Å². The van der Waals surface area contributed by atoms with Crippen LogP contribution in [-0.2, 0) is 4.79 Å². The fraction of sp³-hybridized carbons (Fsp3) is 0.929. The molecule has 1 fully saturated rings. The van der Waals surface area contributed by atoms with E-state index in [0.717, 1.165) is 38.8 Å². The molecule has 17 heavy (non-hydrogen) atoms. The maximum absolute atomic E-state index is 11.2. The van der Waals surface area contributed by atoms with Gasteiger partial charge in [0.05, 0.1) is 0 Å². The highest BCUT2D eigenvalue weighted by molar-refractivity contribution is 5.58. The van der Waals surface area contributed by atoms with E-state index in [1.807, 2.05) is 0 Å². The number of hydrogen-bond acceptors (Lipinski definition) is 3. The molecule has 0 aromatic rings. The Morgan fingerprint density at radius 1 is 1.35 bits per heavy atom. The largest absolute Gasteiger partial charge is 0.304 e. The molecule has 1 unspecified atom stereocenters. The molecule has 1 rings (SSSR count). The first-order valence-electron chi connectivity index (χ1n) is 6.97. The number of rotatable bonds is 8. The lowest BCUT2D eigenvalue weighted by atomic mass is 9.87. The van der Waals surface area contributed by atoms with E-state index < -0.39 is 0 Å². The van der Waals surface area contributed by atoms with Crippen LogP contribution in [0.5, 0.6) is 0 Å². The lowest BCUT2D eigenvalue weighted by Crippen LogP contribution is -2.38. The van der Waals surface area contributed by atoms with Gasteiger partial charge in [-0.1, -0.05) is 20.3 Å². The predicted octanol–water partition coefficient (Wildman–Crippen LogP) is 2.02. The van der Waals surface area contributed by atoms with Crippen molar-refractivity contribution >= 4 is 6.29 Å². The monoisotopic (exact) mass is 240 g/mol. The molecule has 0 aromatic carbocycles. The molecule has 0 aliphatic carbocycles. The van der Waals surface area contributed by atoms with Gasteiger partial charge in [-0.3, -0.25) is 0 Å². The molecule has 3 nitrogen and oxygen atoms in total. The molecule has 1 saturated heterocycles. The Balaban J connectivity index is 2.26. The van der Waals surface area contributed by atoms with Crippen molar-refractivity contribution < 1.29 is 4.79 Å². The van der Waals surface area contributed by atoms with Crippen molar-refractivity contribution in [3.05, 3.63) is 0 Å². The van der Waals surface area contributed by atoms with E-state index in [1.165, 1.54) is 25.9 Å². The molecular weight excluding hydrogens is 212 g/mol. The Bertz CT molecular complexity index is 226. The van der Waals surface area contributed by atoms with Crippen LogP contribution in [0.3, 0.4) is 0 Å². The van der Waals surface area contributed by atoms with Gasteiger partial charge in [0, 0.05) is 25.0 Å². The SMILES string of the molecule is CCCC(C)(C=O)CN(C)CCN1CCCC1. The number of likely N-dealkylation sites (tertiary alicyclic amines) is 1. The van der Waals surface area contributed by atoms with Crippen LogP contribution in [0, 0.1) is 5.41 Å². The van der Waals surface area contributed by atoms with Gasteiger partial charge in [-0.15, -0.1) is 0 Å². The van der Waals surface area contributed by atoms with Crippen molar-refractivity contribution in [1.29, 1.82) is 0 Å². The highest BCUT2D eigenvalue weighted by atomic mass is 16.1. The average Bonchev–Trinajstić information content (AvgIpc) is 2.79. The lowest BCUT2D eigenvalue weighted by molar-refractivity contribution is -0.116. The molecule has 0 spiro atoms. The van der Waals surface area contributed by atoms with Crippen molar-refractivity contribution in [2.24, 2.45) is 5.41 Å². The van der Waals surface area contributed by atoms with Crippen LogP contribution in [0.2, 0.25) is 0 Å². The summed E-state index contributed by atoms with van der Waals surface area (Å²) in [7, 11) is 2.13. The van der Waals surface area contributed by atoms with Crippen LogP contribution < -0.4 is 0 Å². The van der Waals surface area contributed by atoms with Gasteiger partial charge in [0.2, 0.25) is 0 Å². The highest BCUT2D eigenvalue weighted by Gasteiger charge is 2.24. The first-order chi connectivity index (χ1) is 8.09. The van der Waals surface area contributed by atoms with Crippen LogP contribution in [0.4, 0.5) is 0 Å². The van der Waals surface area contributed by atoms with Gasteiger partial charge in [-0.2, -0.15) is 0 Å². The minimum atomic E-state index is -0.158. The van der Waals surface area contributed by atoms with Crippen LogP contribution in [-0.4, -0.2) is 55.9 Å². The highest BCUT2D eigenvalue weighted by Crippen LogP contribution is 2.21. The maximum atomic E-state index is 11.2. The molecule has 1 atom stereocenters. The lowest BCUT2D eigenvalue weighted by Gasteiger charge is -2.29. The first kappa shape index (κ1) is 14.7. The number of nitrogens with zero attached hydrogens (tertiary/aromatic N) is 2. The smallest absolute Gasteiger partial charge is 0.127 e. The van der Waals surface area contributed by atoms with Gasteiger partial charge in [-0.25, -0.2) is 0 Å². The fourth-order valence-electron chi connectivity index (χ4n) is 2.76. The Morgan fingerprint density at radius 2 is 2.00 bits per heavy atom. The molecular formula is C14H28N2O. The molecule has 0 saturated carbocycles. The quantitative estimate of drug-likeness (QED) is 0.606. The minimum Gasteiger partial charge on any atom is -0.304 e. The Kier molecular flexibility index (Phi) is 6.14. The van der Waals surface area contributed by atoms with Crippen molar-refractivity contribution in [3.8, 4) is 0 Å². The third-order valence-corrected chi connectivity index (χ3v) is 3.73. The summed E-state index contributed by atoms with van der Waals surface area (Å²) in [5, 5.41) is 0. The van der Waals surface area contributed by atoms with E-state index in [0.29, 0.717) is 0 Å². The van der Waals surface area contributed by atoms with E-state index >= 15 is 0 Å². The summed E-state index contributed by atoms with van der Waals surface area (Å²) < 4.78 is 0. The second-order valence-corrected chi connectivity index (χ2v) is 5.81. The zero-order valence-electron chi connectivity index (χ0n) is 11.7. The molecule has 0 N–H and O–H groups in total. The van der Waals surface area contributed by atoms with E-state index in [-0.39, 0.29) is 5.41 Å². The van der Waals surface area contributed by atoms with E-state index in [4.69, 9.17) is 0 Å². The van der Waals surface area contributed by atoms with Crippen LogP contribution >= 0.6 is 0 Å². The Labute approximate surface area is 106 Å². The summed E-state index contributed by atoms with van der Waals surface area (Å²) in [5.74, 6) is 0. The summed E-state index contributed by atoms with van der Waals surface area (Å²) >= 11 is 0. The van der Waals surface area contributed by atoms with E-state index in [2.05, 4.69) is 30.7 Å². The summed E-state index contributed by atoms with van der Waals surface area (Å²) in [6, 6.07) is 0. The Morgan fingerprint density at radius 3 is 2.53 bits per heavy atom. The zero-order valence-corrected chi connectivity index (χ0v) is 11.7. The summed E-state index contributed by atoms with van der Waals surface area (Å²) in [6.07, 6.45) is 5.92. The normalized spacial score (nSPS) is 20.7. The fourth-order valence-corrected chi connectivity index (χ4v) is 2.76. The predicted molar refractivity (Wildman–Crippen MR) is 72.3 cm³/mol. The number of carbonyl (C=O) groups is 1. The molecule has 0 amide bonds. The zero-order chi connectivity index (χ0) is 12.7. The number of aldehydes is 1. The van der Waals surface area contributed by atoms with Gasteiger partial charge >= 0.3 is 0 Å². The number of likely N-dealkylation sites (N-methyl/N-ethyl adjacent to an activating group) is 1. The topological polar surface area (TPSA) is 23.6 Å². The van der Waals surface area contributed by atoms with Crippen LogP contribution in [0.25, 0.3) is 0 Å².